The summed E-state index contributed by atoms with van der Waals surface area (Å²) in [6.07, 6.45) is 0.864. The lowest BCUT2D eigenvalue weighted by Crippen LogP contribution is -2.34. The van der Waals surface area contributed by atoms with E-state index in [-0.39, 0.29) is 11.7 Å². The second-order valence-electron chi connectivity index (χ2n) is 9.27. The second kappa shape index (κ2) is 11.6. The Hall–Kier alpha value is -3.06. The van der Waals surface area contributed by atoms with Crippen LogP contribution in [0.4, 0.5) is 4.39 Å². The van der Waals surface area contributed by atoms with E-state index in [4.69, 9.17) is 4.74 Å². The summed E-state index contributed by atoms with van der Waals surface area (Å²) in [4.78, 5) is 12.9. The van der Waals surface area contributed by atoms with Crippen molar-refractivity contribution in [2.24, 2.45) is 0 Å². The monoisotopic (exact) mass is 476 g/mol. The van der Waals surface area contributed by atoms with Crippen LogP contribution in [0.5, 0.6) is 0 Å². The molecule has 0 saturated heterocycles. The number of aliphatic hydroxyl groups excluding tert-OH is 1. The van der Waals surface area contributed by atoms with Gasteiger partial charge in [0.1, 0.15) is 5.82 Å². The number of carbonyl (C=O) groups is 1. The molecule has 6 heteroatoms. The van der Waals surface area contributed by atoms with Crippen molar-refractivity contribution in [2.45, 2.75) is 51.5 Å². The van der Waals surface area contributed by atoms with E-state index in [0.717, 1.165) is 41.8 Å². The molecule has 5 nitrogen and oxygen atoms in total. The van der Waals surface area contributed by atoms with Gasteiger partial charge in [0.2, 0.25) is 0 Å². The minimum absolute atomic E-state index is 0.0354. The van der Waals surface area contributed by atoms with Crippen molar-refractivity contribution in [1.29, 1.82) is 0 Å². The van der Waals surface area contributed by atoms with E-state index >= 15 is 0 Å². The summed E-state index contributed by atoms with van der Waals surface area (Å²) < 4.78 is 20.4. The Bertz CT molecular complexity index is 1150. The Morgan fingerprint density at radius 1 is 1.09 bits per heavy atom. The van der Waals surface area contributed by atoms with Crippen molar-refractivity contribution in [1.82, 2.24) is 10.6 Å². The van der Waals surface area contributed by atoms with Gasteiger partial charge >= 0.3 is 0 Å². The predicted molar refractivity (Wildman–Crippen MR) is 136 cm³/mol. The molecule has 2 atom stereocenters. The maximum atomic E-state index is 14.8. The third-order valence-corrected chi connectivity index (χ3v) is 6.24. The minimum atomic E-state index is -0.753. The SMILES string of the molecule is CC(C)OCCCNCc1ccc2c(c1)C(NC(=O)c1ccc(-c3ccccc3)cc1F)C(O)C2. The van der Waals surface area contributed by atoms with Crippen molar-refractivity contribution in [3.8, 4) is 11.1 Å². The lowest BCUT2D eigenvalue weighted by Gasteiger charge is -2.19. The van der Waals surface area contributed by atoms with Crippen LogP contribution in [-0.4, -0.2) is 36.4 Å². The van der Waals surface area contributed by atoms with Gasteiger partial charge in [0.05, 0.1) is 23.8 Å². The molecule has 1 amide bonds. The Morgan fingerprint density at radius 2 is 1.89 bits per heavy atom. The molecule has 4 rings (SSSR count). The summed E-state index contributed by atoms with van der Waals surface area (Å²) >= 11 is 0. The van der Waals surface area contributed by atoms with Crippen LogP contribution in [0.2, 0.25) is 0 Å². The second-order valence-corrected chi connectivity index (χ2v) is 9.27. The van der Waals surface area contributed by atoms with Gasteiger partial charge in [0, 0.05) is 19.6 Å². The molecule has 184 valence electrons. The highest BCUT2D eigenvalue weighted by molar-refractivity contribution is 5.95. The van der Waals surface area contributed by atoms with Gasteiger partial charge in [-0.25, -0.2) is 4.39 Å². The maximum absolute atomic E-state index is 14.8. The highest BCUT2D eigenvalue weighted by Crippen LogP contribution is 2.33. The van der Waals surface area contributed by atoms with Gasteiger partial charge in [0.15, 0.2) is 0 Å². The van der Waals surface area contributed by atoms with Crippen LogP contribution in [0.1, 0.15) is 53.4 Å². The van der Waals surface area contributed by atoms with Gasteiger partial charge < -0.3 is 20.5 Å². The van der Waals surface area contributed by atoms with E-state index in [9.17, 15) is 14.3 Å². The molecule has 0 radical (unpaired) electrons. The molecule has 0 spiro atoms. The summed E-state index contributed by atoms with van der Waals surface area (Å²) in [5.41, 5.74) is 4.50. The quantitative estimate of drug-likeness (QED) is 0.368. The number of aliphatic hydroxyl groups is 1. The number of rotatable bonds is 10. The molecule has 35 heavy (non-hydrogen) atoms. The summed E-state index contributed by atoms with van der Waals surface area (Å²) in [6, 6.07) is 19.5. The highest BCUT2D eigenvalue weighted by atomic mass is 19.1. The molecule has 2 unspecified atom stereocenters. The molecular weight excluding hydrogens is 443 g/mol. The van der Waals surface area contributed by atoms with E-state index in [0.29, 0.717) is 18.5 Å². The first-order chi connectivity index (χ1) is 16.9. The van der Waals surface area contributed by atoms with Crippen molar-refractivity contribution in [3.63, 3.8) is 0 Å². The number of halogens is 1. The third-order valence-electron chi connectivity index (χ3n) is 6.24. The van der Waals surface area contributed by atoms with Crippen LogP contribution < -0.4 is 10.6 Å². The molecule has 3 aromatic carbocycles. The largest absolute Gasteiger partial charge is 0.390 e. The number of hydrogen-bond donors (Lipinski definition) is 3. The summed E-state index contributed by atoms with van der Waals surface area (Å²) in [5.74, 6) is -1.12. The first-order valence-electron chi connectivity index (χ1n) is 12.2. The van der Waals surface area contributed by atoms with Crippen molar-refractivity contribution in [2.75, 3.05) is 13.2 Å². The van der Waals surface area contributed by atoms with Crippen molar-refractivity contribution in [3.05, 3.63) is 94.8 Å². The molecule has 1 aliphatic rings. The Kier molecular flexibility index (Phi) is 8.29. The van der Waals surface area contributed by atoms with Crippen molar-refractivity contribution < 1.29 is 19.0 Å². The predicted octanol–water partition coefficient (Wildman–Crippen LogP) is 4.79. The lowest BCUT2D eigenvalue weighted by molar-refractivity contribution is 0.0770. The number of fused-ring (bicyclic) bond motifs is 1. The van der Waals surface area contributed by atoms with Crippen LogP contribution in [0.3, 0.4) is 0 Å². The topological polar surface area (TPSA) is 70.6 Å². The average molecular weight is 477 g/mol. The Balaban J connectivity index is 1.40. The zero-order chi connectivity index (χ0) is 24.8. The standard InChI is InChI=1S/C29H33FN2O3/c1-19(2)35-14-6-13-31-18-20-9-10-23-17-27(33)28(25(23)15-20)32-29(34)24-12-11-22(16-26(24)30)21-7-4-3-5-8-21/h3-5,7-12,15-16,19,27-28,31,33H,6,13-14,17-18H2,1-2H3,(H,32,34). The minimum Gasteiger partial charge on any atom is -0.390 e. The average Bonchev–Trinajstić information content (AvgIpc) is 3.15. The van der Waals surface area contributed by atoms with Gasteiger partial charge in [-0.3, -0.25) is 4.79 Å². The number of nitrogens with one attached hydrogen (secondary N) is 2. The van der Waals surface area contributed by atoms with E-state index in [1.165, 1.54) is 12.1 Å². The number of amides is 1. The van der Waals surface area contributed by atoms with Crippen LogP contribution in [0, 0.1) is 5.82 Å². The van der Waals surface area contributed by atoms with Crippen LogP contribution in [0.25, 0.3) is 11.1 Å². The molecule has 0 aromatic heterocycles. The first-order valence-corrected chi connectivity index (χ1v) is 12.2. The smallest absolute Gasteiger partial charge is 0.254 e. The van der Waals surface area contributed by atoms with E-state index in [2.05, 4.69) is 10.6 Å². The fraction of sp³-hybridized carbons (Fsp3) is 0.345. The molecular formula is C29H33FN2O3. The molecule has 3 N–H and O–H groups in total. The van der Waals surface area contributed by atoms with Gasteiger partial charge in [-0.1, -0.05) is 54.6 Å². The van der Waals surface area contributed by atoms with Crippen LogP contribution in [0.15, 0.2) is 66.7 Å². The Morgan fingerprint density at radius 3 is 2.63 bits per heavy atom. The lowest BCUT2D eigenvalue weighted by atomic mass is 10.0. The third kappa shape index (κ3) is 6.34. The maximum Gasteiger partial charge on any atom is 0.254 e. The molecule has 0 saturated carbocycles. The first kappa shape index (κ1) is 25.0. The number of hydrogen-bond acceptors (Lipinski definition) is 4. The number of carbonyl (C=O) groups excluding carboxylic acids is 1. The summed E-state index contributed by atoms with van der Waals surface area (Å²) in [5, 5.41) is 16.9. The van der Waals surface area contributed by atoms with Crippen molar-refractivity contribution >= 4 is 5.91 Å². The fourth-order valence-electron chi connectivity index (χ4n) is 4.43. The molecule has 0 heterocycles. The summed E-state index contributed by atoms with van der Waals surface area (Å²) in [7, 11) is 0. The number of benzene rings is 3. The van der Waals surface area contributed by atoms with Gasteiger partial charge in [-0.05, 0) is 66.8 Å². The fourth-order valence-corrected chi connectivity index (χ4v) is 4.43. The zero-order valence-corrected chi connectivity index (χ0v) is 20.3. The van der Waals surface area contributed by atoms with E-state index in [1.54, 1.807) is 6.07 Å². The van der Waals surface area contributed by atoms with Gasteiger partial charge in [-0.2, -0.15) is 0 Å². The molecule has 0 fully saturated rings. The van der Waals surface area contributed by atoms with Gasteiger partial charge in [-0.15, -0.1) is 0 Å². The van der Waals surface area contributed by atoms with E-state index < -0.39 is 23.9 Å². The Labute approximate surface area is 206 Å². The molecule has 1 aliphatic carbocycles. The summed E-state index contributed by atoms with van der Waals surface area (Å²) in [6.45, 7) is 6.29. The molecule has 0 aliphatic heterocycles. The highest BCUT2D eigenvalue weighted by Gasteiger charge is 2.33. The molecule has 0 bridgehead atoms. The number of ether oxygens (including phenoxy) is 1. The zero-order valence-electron chi connectivity index (χ0n) is 20.3. The van der Waals surface area contributed by atoms with Crippen LogP contribution >= 0.6 is 0 Å². The molecule has 3 aromatic rings. The normalized spacial score (nSPS) is 16.9. The van der Waals surface area contributed by atoms with E-state index in [1.807, 2.05) is 62.4 Å². The van der Waals surface area contributed by atoms with Crippen LogP contribution in [-0.2, 0) is 17.7 Å². The van der Waals surface area contributed by atoms with Gasteiger partial charge in [0.25, 0.3) is 5.91 Å².